The van der Waals surface area contributed by atoms with Gasteiger partial charge in [0.25, 0.3) is 0 Å². The molecule has 6 heavy (non-hydrogen) atoms. The summed E-state index contributed by atoms with van der Waals surface area (Å²) in [5, 5.41) is 0. The minimum Gasteiger partial charge on any atom is -0.0386 e. The second-order valence-electron chi connectivity index (χ2n) is 2.52. The zero-order chi connectivity index (χ0) is 3.98. The van der Waals surface area contributed by atoms with E-state index in [4.69, 9.17) is 0 Å². The summed E-state index contributed by atoms with van der Waals surface area (Å²) in [5.41, 5.74) is 0. The molecular weight excluding hydrogens is 72.1 g/mol. The van der Waals surface area contributed by atoms with Crippen LogP contribution in [0.25, 0.3) is 0 Å². The van der Waals surface area contributed by atoms with Crippen LogP contribution in [0.1, 0.15) is 19.3 Å². The van der Waals surface area contributed by atoms with Gasteiger partial charge in [0.15, 0.2) is 0 Å². The first-order valence-electron chi connectivity index (χ1n) is 2.78. The van der Waals surface area contributed by atoms with Gasteiger partial charge in [-0.1, -0.05) is 0 Å². The van der Waals surface area contributed by atoms with E-state index >= 15 is 0 Å². The van der Waals surface area contributed by atoms with Crippen LogP contribution in [0.15, 0.2) is 0 Å². The van der Waals surface area contributed by atoms with Crippen LogP contribution >= 0.6 is 0 Å². The largest absolute Gasteiger partial charge is 0.0908 e. The highest BCUT2D eigenvalue weighted by atomic mass is 14.5. The van der Waals surface area contributed by atoms with Crippen molar-refractivity contribution in [2.45, 2.75) is 19.3 Å². The van der Waals surface area contributed by atoms with E-state index in [1.807, 2.05) is 0 Å². The molecule has 0 radical (unpaired) electrons. The quantitative estimate of drug-likeness (QED) is 0.389. The summed E-state index contributed by atoms with van der Waals surface area (Å²) in [6.07, 6.45) is 6.85. The monoisotopic (exact) mass is 81.1 g/mol. The van der Waals surface area contributed by atoms with Crippen LogP contribution in [0.5, 0.6) is 0 Å². The van der Waals surface area contributed by atoms with Crippen molar-refractivity contribution in [3.05, 3.63) is 6.42 Å². The van der Waals surface area contributed by atoms with Crippen molar-refractivity contribution in [2.75, 3.05) is 0 Å². The topological polar surface area (TPSA) is 0 Å². The molecule has 2 atom stereocenters. The third-order valence-corrected chi connectivity index (χ3v) is 2.01. The number of fused-ring (bicyclic) bond motifs is 1. The molecule has 2 aliphatic rings. The van der Waals surface area contributed by atoms with Gasteiger partial charge < -0.3 is 0 Å². The van der Waals surface area contributed by atoms with Gasteiger partial charge in [-0.15, -0.1) is 0 Å². The van der Waals surface area contributed by atoms with E-state index < -0.39 is 0 Å². The minimum absolute atomic E-state index is 1.16. The predicted octanol–water partition coefficient (Wildman–Crippen LogP) is 1.62. The lowest BCUT2D eigenvalue weighted by atomic mass is 10.3. The van der Waals surface area contributed by atoms with Gasteiger partial charge in [-0.25, -0.2) is 0 Å². The van der Waals surface area contributed by atoms with Gasteiger partial charge in [-0.3, -0.25) is 0 Å². The molecule has 0 spiro atoms. The van der Waals surface area contributed by atoms with Crippen LogP contribution in [0.3, 0.4) is 0 Å². The van der Waals surface area contributed by atoms with Crippen LogP contribution in [0, 0.1) is 18.3 Å². The summed E-state index contributed by atoms with van der Waals surface area (Å²) < 4.78 is 0. The zero-order valence-corrected chi connectivity index (χ0v) is 3.85. The fraction of sp³-hybridized carbons (Fsp3) is 0.833. The SMILES string of the molecule is [CH+]1CC2CC2C1. The highest BCUT2D eigenvalue weighted by Crippen LogP contribution is 2.50. The molecule has 2 unspecified atom stereocenters. The molecule has 0 heterocycles. The Morgan fingerprint density at radius 3 is 2.00 bits per heavy atom. The van der Waals surface area contributed by atoms with Crippen molar-refractivity contribution in [2.24, 2.45) is 11.8 Å². The van der Waals surface area contributed by atoms with Gasteiger partial charge in [0.1, 0.15) is 0 Å². The number of hydrogen-bond acceptors (Lipinski definition) is 0. The highest BCUT2D eigenvalue weighted by molar-refractivity contribution is 4.99. The molecule has 2 rings (SSSR count). The van der Waals surface area contributed by atoms with E-state index in [0.717, 1.165) is 11.8 Å². The molecule has 0 bridgehead atoms. The molecule has 32 valence electrons. The molecular formula is C6H9+. The van der Waals surface area contributed by atoms with Gasteiger partial charge in [-0.2, -0.15) is 0 Å². The molecule has 0 aromatic heterocycles. The van der Waals surface area contributed by atoms with E-state index in [9.17, 15) is 0 Å². The molecule has 0 saturated heterocycles. The molecule has 2 aliphatic carbocycles. The molecule has 0 amide bonds. The minimum atomic E-state index is 1.16. The van der Waals surface area contributed by atoms with Crippen LogP contribution in [0.4, 0.5) is 0 Å². The lowest BCUT2D eigenvalue weighted by Crippen LogP contribution is -1.65. The summed E-state index contributed by atoms with van der Waals surface area (Å²) in [4.78, 5) is 0. The molecule has 2 fully saturated rings. The molecule has 0 aromatic carbocycles. The Labute approximate surface area is 38.6 Å². The van der Waals surface area contributed by atoms with E-state index in [2.05, 4.69) is 6.42 Å². The molecule has 0 aromatic rings. The molecule has 0 nitrogen and oxygen atoms in total. The van der Waals surface area contributed by atoms with E-state index in [-0.39, 0.29) is 0 Å². The second kappa shape index (κ2) is 0.749. The normalized spacial score (nSPS) is 50.7. The lowest BCUT2D eigenvalue weighted by molar-refractivity contribution is 0.834. The Morgan fingerprint density at radius 2 is 1.83 bits per heavy atom. The van der Waals surface area contributed by atoms with Crippen molar-refractivity contribution in [1.82, 2.24) is 0 Å². The first-order valence-corrected chi connectivity index (χ1v) is 2.78. The number of rotatable bonds is 0. The van der Waals surface area contributed by atoms with E-state index in [0.29, 0.717) is 0 Å². The summed E-state index contributed by atoms with van der Waals surface area (Å²) in [6.45, 7) is 0. The molecule has 0 N–H and O–H groups in total. The van der Waals surface area contributed by atoms with Gasteiger partial charge in [0, 0.05) is 11.8 Å². The van der Waals surface area contributed by atoms with Gasteiger partial charge in [0.05, 0.1) is 19.3 Å². The fourth-order valence-corrected chi connectivity index (χ4v) is 1.41. The predicted molar refractivity (Wildman–Crippen MR) is 25.1 cm³/mol. The second-order valence-corrected chi connectivity index (χ2v) is 2.52. The van der Waals surface area contributed by atoms with Crippen molar-refractivity contribution in [3.63, 3.8) is 0 Å². The Kier molecular flexibility index (Phi) is 0.368. The molecule has 0 aliphatic heterocycles. The van der Waals surface area contributed by atoms with Crippen molar-refractivity contribution in [3.8, 4) is 0 Å². The maximum absolute atomic E-state index is 2.43. The summed E-state index contributed by atoms with van der Waals surface area (Å²) in [7, 11) is 0. The standard InChI is InChI=1S/C6H9/c1-2-5-4-6(5)3-1/h1,5-6H,2-4H2/q+1. The Morgan fingerprint density at radius 1 is 1.17 bits per heavy atom. The summed E-state index contributed by atoms with van der Waals surface area (Å²) >= 11 is 0. The lowest BCUT2D eigenvalue weighted by Gasteiger charge is -1.70. The first kappa shape index (κ1) is 2.95. The Bertz CT molecular complexity index is 58.4. The third kappa shape index (κ3) is 0.226. The maximum Gasteiger partial charge on any atom is 0.0908 e. The molecule has 0 heteroatoms. The summed E-state index contributed by atoms with van der Waals surface area (Å²) in [6, 6.07) is 0. The fourth-order valence-electron chi connectivity index (χ4n) is 1.41. The third-order valence-electron chi connectivity index (χ3n) is 2.01. The zero-order valence-electron chi connectivity index (χ0n) is 3.85. The van der Waals surface area contributed by atoms with E-state index in [1.54, 1.807) is 6.42 Å². The van der Waals surface area contributed by atoms with Gasteiger partial charge in [0.2, 0.25) is 0 Å². The molecule has 2 saturated carbocycles. The summed E-state index contributed by atoms with van der Waals surface area (Å²) in [5.74, 6) is 2.31. The Balaban J connectivity index is 2.09. The maximum atomic E-state index is 2.43. The van der Waals surface area contributed by atoms with Crippen LogP contribution in [-0.2, 0) is 0 Å². The van der Waals surface area contributed by atoms with Crippen LogP contribution in [-0.4, -0.2) is 0 Å². The van der Waals surface area contributed by atoms with Crippen molar-refractivity contribution >= 4 is 0 Å². The van der Waals surface area contributed by atoms with Crippen LogP contribution in [0.2, 0.25) is 0 Å². The van der Waals surface area contributed by atoms with Gasteiger partial charge >= 0.3 is 0 Å². The average molecular weight is 81.1 g/mol. The first-order chi connectivity index (χ1) is 2.97. The van der Waals surface area contributed by atoms with Gasteiger partial charge in [-0.05, 0) is 6.42 Å². The van der Waals surface area contributed by atoms with Crippen molar-refractivity contribution in [1.29, 1.82) is 0 Å². The highest BCUT2D eigenvalue weighted by Gasteiger charge is 2.46. The van der Waals surface area contributed by atoms with Crippen molar-refractivity contribution < 1.29 is 0 Å². The smallest absolute Gasteiger partial charge is 0.0386 e. The van der Waals surface area contributed by atoms with Crippen LogP contribution < -0.4 is 0 Å². The average Bonchev–Trinajstić information content (AvgIpc) is 2.17. The van der Waals surface area contributed by atoms with E-state index in [1.165, 1.54) is 12.8 Å². The number of hydrogen-bond donors (Lipinski definition) is 0. The Hall–Kier alpha value is -0.130.